The zero-order valence-electron chi connectivity index (χ0n) is 11.3. The van der Waals surface area contributed by atoms with Gasteiger partial charge in [0.2, 0.25) is 0 Å². The molecule has 1 aromatic rings. The summed E-state index contributed by atoms with van der Waals surface area (Å²) in [5.41, 5.74) is 1.09. The fraction of sp³-hybridized carbons (Fsp3) is 0.615. The lowest BCUT2D eigenvalue weighted by molar-refractivity contribution is 0.0752. The maximum atomic E-state index is 12.5. The van der Waals surface area contributed by atoms with Gasteiger partial charge in [-0.3, -0.25) is 4.79 Å². The molecule has 110 valence electrons. The molecule has 1 unspecified atom stereocenters. The molecule has 0 aromatic carbocycles. The van der Waals surface area contributed by atoms with Gasteiger partial charge in [-0.15, -0.1) is 11.3 Å². The minimum absolute atomic E-state index is 0.0773. The number of hydrogen-bond acceptors (Lipinski definition) is 5. The lowest BCUT2D eigenvalue weighted by Gasteiger charge is -2.22. The maximum Gasteiger partial charge on any atom is 0.263 e. The van der Waals surface area contributed by atoms with Gasteiger partial charge in [0.25, 0.3) is 5.91 Å². The number of amides is 1. The Morgan fingerprint density at radius 2 is 2.30 bits per heavy atom. The number of carbonyl (C=O) groups is 1. The van der Waals surface area contributed by atoms with Crippen LogP contribution in [0.4, 0.5) is 0 Å². The van der Waals surface area contributed by atoms with Crippen LogP contribution in [0.25, 0.3) is 0 Å². The molecule has 5 nitrogen and oxygen atoms in total. The van der Waals surface area contributed by atoms with Gasteiger partial charge in [0.05, 0.1) is 29.6 Å². The van der Waals surface area contributed by atoms with Crippen molar-refractivity contribution >= 4 is 27.1 Å². The molecule has 0 saturated carbocycles. The van der Waals surface area contributed by atoms with E-state index in [1.54, 1.807) is 11.9 Å². The minimum atomic E-state index is -2.97. The molecule has 0 N–H and O–H groups in total. The SMILES string of the molecule is CN(C(=O)c1cc2c(s1)CCOC2)C1CCS(=O)(=O)C1. The van der Waals surface area contributed by atoms with E-state index in [0.717, 1.165) is 12.0 Å². The zero-order chi connectivity index (χ0) is 14.3. The number of sulfone groups is 1. The predicted octanol–water partition coefficient (Wildman–Crippen LogP) is 1.08. The summed E-state index contributed by atoms with van der Waals surface area (Å²) in [4.78, 5) is 15.9. The van der Waals surface area contributed by atoms with E-state index in [-0.39, 0.29) is 23.5 Å². The van der Waals surface area contributed by atoms with Crippen molar-refractivity contribution in [3.8, 4) is 0 Å². The van der Waals surface area contributed by atoms with Crippen molar-refractivity contribution in [2.45, 2.75) is 25.5 Å². The summed E-state index contributed by atoms with van der Waals surface area (Å²) in [5, 5.41) is 0. The summed E-state index contributed by atoms with van der Waals surface area (Å²) < 4.78 is 28.4. The minimum Gasteiger partial charge on any atom is -0.376 e. The predicted molar refractivity (Wildman–Crippen MR) is 76.8 cm³/mol. The van der Waals surface area contributed by atoms with E-state index >= 15 is 0 Å². The van der Waals surface area contributed by atoms with E-state index in [1.165, 1.54) is 16.2 Å². The van der Waals surface area contributed by atoms with Crippen LogP contribution in [0, 0.1) is 0 Å². The Balaban J connectivity index is 1.77. The van der Waals surface area contributed by atoms with E-state index in [1.807, 2.05) is 6.07 Å². The molecule has 0 radical (unpaired) electrons. The van der Waals surface area contributed by atoms with Gasteiger partial charge >= 0.3 is 0 Å². The van der Waals surface area contributed by atoms with Crippen molar-refractivity contribution in [2.24, 2.45) is 0 Å². The summed E-state index contributed by atoms with van der Waals surface area (Å²) in [6.07, 6.45) is 1.40. The van der Waals surface area contributed by atoms with Gasteiger partial charge in [-0.05, 0) is 18.1 Å². The summed E-state index contributed by atoms with van der Waals surface area (Å²) in [5.74, 6) is 0.194. The smallest absolute Gasteiger partial charge is 0.263 e. The molecule has 0 aliphatic carbocycles. The lowest BCUT2D eigenvalue weighted by Crippen LogP contribution is -2.37. The zero-order valence-corrected chi connectivity index (χ0v) is 12.9. The lowest BCUT2D eigenvalue weighted by atomic mass is 10.2. The topological polar surface area (TPSA) is 63.7 Å². The van der Waals surface area contributed by atoms with Gasteiger partial charge in [0, 0.05) is 24.4 Å². The van der Waals surface area contributed by atoms with Crippen LogP contribution >= 0.6 is 11.3 Å². The van der Waals surface area contributed by atoms with E-state index in [0.29, 0.717) is 24.5 Å². The Morgan fingerprint density at radius 1 is 1.50 bits per heavy atom. The first-order chi connectivity index (χ1) is 9.46. The Morgan fingerprint density at radius 3 is 2.95 bits per heavy atom. The quantitative estimate of drug-likeness (QED) is 0.819. The van der Waals surface area contributed by atoms with Crippen molar-refractivity contribution in [1.29, 1.82) is 0 Å². The molecule has 0 bridgehead atoms. The molecule has 2 aliphatic rings. The van der Waals surface area contributed by atoms with Crippen LogP contribution in [-0.2, 0) is 27.6 Å². The molecular weight excluding hydrogens is 298 g/mol. The molecule has 1 saturated heterocycles. The third-order valence-corrected chi connectivity index (χ3v) is 6.89. The second-order valence-corrected chi connectivity index (χ2v) is 8.70. The molecule has 3 heterocycles. The molecule has 2 aliphatic heterocycles. The van der Waals surface area contributed by atoms with Crippen LogP contribution in [0.3, 0.4) is 0 Å². The van der Waals surface area contributed by atoms with Gasteiger partial charge in [0.15, 0.2) is 9.84 Å². The van der Waals surface area contributed by atoms with E-state index < -0.39 is 9.84 Å². The summed E-state index contributed by atoms with van der Waals surface area (Å²) >= 11 is 1.51. The van der Waals surface area contributed by atoms with E-state index in [9.17, 15) is 13.2 Å². The van der Waals surface area contributed by atoms with Crippen molar-refractivity contribution in [2.75, 3.05) is 25.2 Å². The first kappa shape index (κ1) is 14.0. The highest BCUT2D eigenvalue weighted by atomic mass is 32.2. The molecular formula is C13H17NO4S2. The van der Waals surface area contributed by atoms with Gasteiger partial charge in [0.1, 0.15) is 0 Å². The summed E-state index contributed by atoms with van der Waals surface area (Å²) in [6, 6.07) is 1.70. The van der Waals surface area contributed by atoms with Crippen LogP contribution in [0.2, 0.25) is 0 Å². The first-order valence-corrected chi connectivity index (χ1v) is 9.27. The Labute approximate surface area is 122 Å². The average molecular weight is 315 g/mol. The van der Waals surface area contributed by atoms with Crippen molar-refractivity contribution in [3.63, 3.8) is 0 Å². The number of carbonyl (C=O) groups excluding carboxylic acids is 1. The first-order valence-electron chi connectivity index (χ1n) is 6.63. The standard InChI is InChI=1S/C13H17NO4S2/c1-14(10-3-5-20(16,17)8-10)13(15)12-6-9-7-18-4-2-11(9)19-12/h6,10H,2-5,7-8H2,1H3. The van der Waals surface area contributed by atoms with E-state index in [4.69, 9.17) is 4.74 Å². The fourth-order valence-electron chi connectivity index (χ4n) is 2.67. The van der Waals surface area contributed by atoms with E-state index in [2.05, 4.69) is 0 Å². The Bertz CT molecular complexity index is 611. The number of ether oxygens (including phenoxy) is 1. The molecule has 1 atom stereocenters. The van der Waals surface area contributed by atoms with Crippen molar-refractivity contribution < 1.29 is 17.9 Å². The van der Waals surface area contributed by atoms with Crippen molar-refractivity contribution in [3.05, 3.63) is 21.4 Å². The normalized spacial score (nSPS) is 24.4. The van der Waals surface area contributed by atoms with Crippen LogP contribution in [0.5, 0.6) is 0 Å². The summed E-state index contributed by atoms with van der Waals surface area (Å²) in [7, 11) is -1.27. The largest absolute Gasteiger partial charge is 0.376 e. The number of hydrogen-bond donors (Lipinski definition) is 0. The van der Waals surface area contributed by atoms with Crippen LogP contribution in [0.1, 0.15) is 26.5 Å². The molecule has 1 fully saturated rings. The third kappa shape index (κ3) is 2.62. The summed E-state index contributed by atoms with van der Waals surface area (Å²) in [6.45, 7) is 1.28. The van der Waals surface area contributed by atoms with Gasteiger partial charge in [-0.25, -0.2) is 8.42 Å². The van der Waals surface area contributed by atoms with Crippen LogP contribution in [-0.4, -0.2) is 50.4 Å². The Kier molecular flexibility index (Phi) is 3.60. The molecule has 0 spiro atoms. The van der Waals surface area contributed by atoms with Gasteiger partial charge < -0.3 is 9.64 Å². The maximum absolute atomic E-state index is 12.5. The molecule has 3 rings (SSSR count). The third-order valence-electron chi connectivity index (χ3n) is 3.91. The second-order valence-electron chi connectivity index (χ2n) is 5.33. The highest BCUT2D eigenvalue weighted by Crippen LogP contribution is 2.28. The number of rotatable bonds is 2. The van der Waals surface area contributed by atoms with Crippen LogP contribution < -0.4 is 0 Å². The fourth-order valence-corrected chi connectivity index (χ4v) is 5.58. The van der Waals surface area contributed by atoms with Gasteiger partial charge in [-0.2, -0.15) is 0 Å². The monoisotopic (exact) mass is 315 g/mol. The number of nitrogens with zero attached hydrogens (tertiary/aromatic N) is 1. The molecule has 1 amide bonds. The van der Waals surface area contributed by atoms with Crippen LogP contribution in [0.15, 0.2) is 6.07 Å². The molecule has 1 aromatic heterocycles. The highest BCUT2D eigenvalue weighted by Gasteiger charge is 2.33. The molecule has 7 heteroatoms. The van der Waals surface area contributed by atoms with Crippen molar-refractivity contribution in [1.82, 2.24) is 4.90 Å². The van der Waals surface area contributed by atoms with Gasteiger partial charge in [-0.1, -0.05) is 0 Å². The average Bonchev–Trinajstić information content (AvgIpc) is 3.00. The number of fused-ring (bicyclic) bond motifs is 1. The Hall–Kier alpha value is -0.920. The second kappa shape index (κ2) is 5.13. The number of thiophene rings is 1. The highest BCUT2D eigenvalue weighted by molar-refractivity contribution is 7.91. The molecule has 20 heavy (non-hydrogen) atoms.